The fraction of sp³-hybridized carbons (Fsp3) is 0.227. The summed E-state index contributed by atoms with van der Waals surface area (Å²) in [5.41, 5.74) is 0.499. The summed E-state index contributed by atoms with van der Waals surface area (Å²) in [6.45, 7) is 2.38. The van der Waals surface area contributed by atoms with Gasteiger partial charge in [0.15, 0.2) is 5.65 Å². The first-order chi connectivity index (χ1) is 15.0. The number of rotatable bonds is 7. The number of nitrogens with one attached hydrogen (secondary N) is 1. The van der Waals surface area contributed by atoms with Crippen molar-refractivity contribution >= 4 is 17.1 Å². The molecule has 0 radical (unpaired) electrons. The maximum atomic E-state index is 14.3. The fourth-order valence-corrected chi connectivity index (χ4v) is 3.33. The molecule has 4 aromatic rings. The number of methoxy groups -OCH3 is 1. The third-order valence-corrected chi connectivity index (χ3v) is 4.90. The second-order valence-corrected chi connectivity index (χ2v) is 6.94. The number of ether oxygens (including phenoxy) is 1. The van der Waals surface area contributed by atoms with Crippen molar-refractivity contribution in [1.82, 2.24) is 19.1 Å². The number of benzene rings is 2. The lowest BCUT2D eigenvalue weighted by Gasteiger charge is -2.06. The van der Waals surface area contributed by atoms with Gasteiger partial charge in [0.1, 0.15) is 22.9 Å². The molecule has 0 aliphatic heterocycles. The van der Waals surface area contributed by atoms with Crippen molar-refractivity contribution in [3.8, 4) is 11.4 Å². The van der Waals surface area contributed by atoms with Crippen LogP contribution < -0.4 is 15.7 Å². The molecule has 0 amide bonds. The Labute approximate surface area is 176 Å². The lowest BCUT2D eigenvalue weighted by molar-refractivity contribution is 0.414. The van der Waals surface area contributed by atoms with Gasteiger partial charge < -0.3 is 10.1 Å². The van der Waals surface area contributed by atoms with Crippen molar-refractivity contribution in [1.29, 1.82) is 0 Å². The Morgan fingerprint density at radius 1 is 1.13 bits per heavy atom. The van der Waals surface area contributed by atoms with Gasteiger partial charge in [-0.1, -0.05) is 19.1 Å². The third kappa shape index (κ3) is 3.86. The van der Waals surface area contributed by atoms with Crippen LogP contribution in [0.1, 0.15) is 18.9 Å². The molecule has 0 bridgehead atoms. The van der Waals surface area contributed by atoms with E-state index in [1.54, 1.807) is 24.3 Å². The molecule has 4 rings (SSSR count). The second-order valence-electron chi connectivity index (χ2n) is 6.94. The smallest absolute Gasteiger partial charge is 0.335 e. The molecule has 1 N–H and O–H groups in total. The van der Waals surface area contributed by atoms with Gasteiger partial charge in [-0.2, -0.15) is 4.98 Å². The van der Waals surface area contributed by atoms with E-state index in [0.29, 0.717) is 35.1 Å². The first-order valence-electron chi connectivity index (χ1n) is 9.83. The van der Waals surface area contributed by atoms with Gasteiger partial charge in [0, 0.05) is 18.2 Å². The molecule has 0 fully saturated rings. The highest BCUT2D eigenvalue weighted by atomic mass is 19.1. The Balaban J connectivity index is 1.94. The minimum absolute atomic E-state index is 0.206. The van der Waals surface area contributed by atoms with Crippen LogP contribution in [0.4, 0.5) is 14.7 Å². The van der Waals surface area contributed by atoms with Crippen LogP contribution in [0.25, 0.3) is 16.9 Å². The molecule has 0 spiro atoms. The van der Waals surface area contributed by atoms with Crippen molar-refractivity contribution in [2.24, 2.45) is 0 Å². The molecule has 0 unspecified atom stereocenters. The number of fused-ring (bicyclic) bond motifs is 1. The standard InChI is InChI=1S/C22H21F2N5O2/c1-3-10-25-21-26-12-19-20(27-21)29(14-6-4-7-15(11-14)31-2)22(30)28(19)13-16-17(23)8-5-9-18(16)24/h4-9,11-12H,3,10,13H2,1-2H3,(H,25,26,27). The van der Waals surface area contributed by atoms with E-state index in [1.165, 1.54) is 28.5 Å². The van der Waals surface area contributed by atoms with Gasteiger partial charge in [-0.3, -0.25) is 4.57 Å². The zero-order valence-electron chi connectivity index (χ0n) is 17.1. The number of imidazole rings is 1. The van der Waals surface area contributed by atoms with E-state index < -0.39 is 17.3 Å². The number of hydrogen-bond acceptors (Lipinski definition) is 5. The number of halogens is 2. The van der Waals surface area contributed by atoms with Crippen molar-refractivity contribution in [3.63, 3.8) is 0 Å². The summed E-state index contributed by atoms with van der Waals surface area (Å²) in [5.74, 6) is -0.531. The van der Waals surface area contributed by atoms with Gasteiger partial charge in [-0.15, -0.1) is 0 Å². The van der Waals surface area contributed by atoms with Gasteiger partial charge in [0.25, 0.3) is 0 Å². The third-order valence-electron chi connectivity index (χ3n) is 4.90. The van der Waals surface area contributed by atoms with Crippen molar-refractivity contribution < 1.29 is 13.5 Å². The predicted molar refractivity (Wildman–Crippen MR) is 114 cm³/mol. The molecule has 0 saturated heterocycles. The van der Waals surface area contributed by atoms with Gasteiger partial charge in [0.2, 0.25) is 5.95 Å². The van der Waals surface area contributed by atoms with E-state index in [2.05, 4.69) is 15.3 Å². The average molecular weight is 425 g/mol. The van der Waals surface area contributed by atoms with E-state index in [1.807, 2.05) is 6.92 Å². The largest absolute Gasteiger partial charge is 0.497 e. The highest BCUT2D eigenvalue weighted by molar-refractivity contribution is 5.74. The summed E-state index contributed by atoms with van der Waals surface area (Å²) >= 11 is 0. The maximum absolute atomic E-state index is 14.3. The van der Waals surface area contributed by atoms with Crippen LogP contribution in [0.2, 0.25) is 0 Å². The van der Waals surface area contributed by atoms with Crippen LogP contribution in [0.3, 0.4) is 0 Å². The minimum atomic E-state index is -0.726. The molecular formula is C22H21F2N5O2. The first-order valence-corrected chi connectivity index (χ1v) is 9.83. The Morgan fingerprint density at radius 3 is 2.58 bits per heavy atom. The molecule has 0 saturated carbocycles. The van der Waals surface area contributed by atoms with E-state index in [9.17, 15) is 13.6 Å². The number of hydrogen-bond donors (Lipinski definition) is 1. The normalized spacial score (nSPS) is 11.1. The van der Waals surface area contributed by atoms with Crippen molar-refractivity contribution in [2.75, 3.05) is 19.0 Å². The van der Waals surface area contributed by atoms with E-state index >= 15 is 0 Å². The van der Waals surface area contributed by atoms with Crippen LogP contribution in [-0.2, 0) is 6.54 Å². The van der Waals surface area contributed by atoms with Crippen molar-refractivity contribution in [2.45, 2.75) is 19.9 Å². The van der Waals surface area contributed by atoms with Crippen LogP contribution in [0.5, 0.6) is 5.75 Å². The molecule has 0 aliphatic carbocycles. The summed E-state index contributed by atoms with van der Waals surface area (Å²) in [5, 5.41) is 3.09. The molecule has 2 heterocycles. The van der Waals surface area contributed by atoms with Gasteiger partial charge in [-0.25, -0.2) is 23.1 Å². The highest BCUT2D eigenvalue weighted by Gasteiger charge is 2.20. The zero-order chi connectivity index (χ0) is 22.0. The summed E-state index contributed by atoms with van der Waals surface area (Å²) in [6.07, 6.45) is 2.36. The minimum Gasteiger partial charge on any atom is -0.497 e. The quantitative estimate of drug-likeness (QED) is 0.488. The van der Waals surface area contributed by atoms with E-state index in [4.69, 9.17) is 4.74 Å². The molecule has 7 nitrogen and oxygen atoms in total. The van der Waals surface area contributed by atoms with E-state index in [0.717, 1.165) is 18.6 Å². The van der Waals surface area contributed by atoms with Crippen LogP contribution in [0.15, 0.2) is 53.5 Å². The zero-order valence-corrected chi connectivity index (χ0v) is 17.1. The number of aromatic nitrogens is 4. The van der Waals surface area contributed by atoms with Crippen molar-refractivity contribution in [3.05, 3.63) is 76.3 Å². The number of nitrogens with zero attached hydrogens (tertiary/aromatic N) is 4. The van der Waals surface area contributed by atoms with Gasteiger partial charge in [0.05, 0.1) is 25.5 Å². The Kier molecular flexibility index (Phi) is 5.66. The molecule has 0 aliphatic rings. The monoisotopic (exact) mass is 425 g/mol. The summed E-state index contributed by atoms with van der Waals surface area (Å²) in [7, 11) is 1.53. The topological polar surface area (TPSA) is 74.0 Å². The van der Waals surface area contributed by atoms with Gasteiger partial charge in [-0.05, 0) is 30.7 Å². The van der Waals surface area contributed by atoms with Crippen LogP contribution in [-0.4, -0.2) is 32.8 Å². The molecule has 0 atom stereocenters. The Morgan fingerprint density at radius 2 is 1.87 bits per heavy atom. The fourth-order valence-electron chi connectivity index (χ4n) is 3.33. The summed E-state index contributed by atoms with van der Waals surface area (Å²) in [4.78, 5) is 22.2. The Hall–Kier alpha value is -3.75. The van der Waals surface area contributed by atoms with Crippen LogP contribution >= 0.6 is 0 Å². The molecule has 31 heavy (non-hydrogen) atoms. The van der Waals surface area contributed by atoms with E-state index in [-0.39, 0.29) is 12.1 Å². The predicted octanol–water partition coefficient (Wildman–Crippen LogP) is 3.74. The van der Waals surface area contributed by atoms with Gasteiger partial charge >= 0.3 is 5.69 Å². The summed E-state index contributed by atoms with van der Waals surface area (Å²) in [6, 6.07) is 10.5. The SMILES string of the molecule is CCCNc1ncc2c(n1)n(-c1cccc(OC)c1)c(=O)n2Cc1c(F)cccc1F. The number of anilines is 1. The molecular weight excluding hydrogens is 404 g/mol. The second kappa shape index (κ2) is 8.55. The molecule has 160 valence electrons. The molecule has 2 aromatic carbocycles. The summed E-state index contributed by atoms with van der Waals surface area (Å²) < 4.78 is 36.5. The Bertz CT molecular complexity index is 1280. The maximum Gasteiger partial charge on any atom is 0.335 e. The molecule has 2 aromatic heterocycles. The molecule has 9 heteroatoms. The highest BCUT2D eigenvalue weighted by Crippen LogP contribution is 2.22. The lowest BCUT2D eigenvalue weighted by Crippen LogP contribution is -2.24. The van der Waals surface area contributed by atoms with Crippen LogP contribution in [0, 0.1) is 11.6 Å². The first kappa shape index (κ1) is 20.5. The average Bonchev–Trinajstić information content (AvgIpc) is 3.05. The lowest BCUT2D eigenvalue weighted by atomic mass is 10.2.